The first-order valence-electron chi connectivity index (χ1n) is 9.25. The Kier molecular flexibility index (Phi) is 7.25. The van der Waals surface area contributed by atoms with E-state index in [0.29, 0.717) is 5.69 Å². The van der Waals surface area contributed by atoms with E-state index in [9.17, 15) is 23.3 Å². The number of benzene rings is 3. The second-order valence-electron chi connectivity index (χ2n) is 6.55. The largest absolute Gasteiger partial charge is 0.332 e. The third kappa shape index (κ3) is 6.17. The summed E-state index contributed by atoms with van der Waals surface area (Å²) in [6.45, 7) is 0.169. The SMILES string of the molecule is O=C(NC(=S)Nc1ccc(S(=O)(=O)NCc2ccccc2)cc1)c1ccc([N+](=O)[O-])cc1. The van der Waals surface area contributed by atoms with Crippen molar-refractivity contribution in [1.82, 2.24) is 10.0 Å². The molecule has 0 saturated carbocycles. The highest BCUT2D eigenvalue weighted by molar-refractivity contribution is 7.89. The maximum Gasteiger partial charge on any atom is 0.269 e. The maximum atomic E-state index is 12.5. The molecule has 0 aliphatic carbocycles. The lowest BCUT2D eigenvalue weighted by Crippen LogP contribution is -2.34. The predicted molar refractivity (Wildman–Crippen MR) is 124 cm³/mol. The molecule has 0 saturated heterocycles. The fourth-order valence-corrected chi connectivity index (χ4v) is 3.88. The molecule has 3 aromatic carbocycles. The van der Waals surface area contributed by atoms with Crippen LogP contribution in [0, 0.1) is 10.1 Å². The topological polar surface area (TPSA) is 130 Å². The molecule has 11 heteroatoms. The number of hydrogen-bond donors (Lipinski definition) is 3. The Morgan fingerprint density at radius 2 is 1.56 bits per heavy atom. The first-order valence-corrected chi connectivity index (χ1v) is 11.1. The van der Waals surface area contributed by atoms with Crippen molar-refractivity contribution < 1.29 is 18.1 Å². The van der Waals surface area contributed by atoms with E-state index >= 15 is 0 Å². The Hall–Kier alpha value is -3.67. The summed E-state index contributed by atoms with van der Waals surface area (Å²) in [5, 5.41) is 15.9. The van der Waals surface area contributed by atoms with Gasteiger partial charge in [-0.25, -0.2) is 13.1 Å². The van der Waals surface area contributed by atoms with Crippen LogP contribution in [0.5, 0.6) is 0 Å². The molecule has 3 rings (SSSR count). The second-order valence-corrected chi connectivity index (χ2v) is 8.72. The van der Waals surface area contributed by atoms with Crippen LogP contribution in [0.15, 0.2) is 83.8 Å². The lowest BCUT2D eigenvalue weighted by Gasteiger charge is -2.11. The smallest absolute Gasteiger partial charge is 0.269 e. The van der Waals surface area contributed by atoms with Gasteiger partial charge in [0.05, 0.1) is 9.82 Å². The van der Waals surface area contributed by atoms with Crippen LogP contribution in [0.25, 0.3) is 0 Å². The van der Waals surface area contributed by atoms with Crippen molar-refractivity contribution in [2.24, 2.45) is 0 Å². The van der Waals surface area contributed by atoms with E-state index in [4.69, 9.17) is 12.2 Å². The zero-order chi connectivity index (χ0) is 23.1. The number of non-ortho nitro benzene ring substituents is 1. The van der Waals surface area contributed by atoms with Crippen molar-refractivity contribution in [3.05, 3.63) is 100 Å². The number of hydrogen-bond acceptors (Lipinski definition) is 6. The molecular weight excluding hydrogens is 452 g/mol. The number of rotatable bonds is 7. The minimum absolute atomic E-state index is 0.00818. The molecule has 32 heavy (non-hydrogen) atoms. The summed E-state index contributed by atoms with van der Waals surface area (Å²) >= 11 is 5.10. The summed E-state index contributed by atoms with van der Waals surface area (Å²) < 4.78 is 27.4. The Labute approximate surface area is 189 Å². The van der Waals surface area contributed by atoms with E-state index in [1.54, 1.807) is 0 Å². The van der Waals surface area contributed by atoms with Crippen molar-refractivity contribution in [3.8, 4) is 0 Å². The summed E-state index contributed by atoms with van der Waals surface area (Å²) in [4.78, 5) is 22.4. The summed E-state index contributed by atoms with van der Waals surface area (Å²) in [6, 6.07) is 20.1. The zero-order valence-corrected chi connectivity index (χ0v) is 18.2. The van der Waals surface area contributed by atoms with Gasteiger partial charge in [-0.05, 0) is 54.2 Å². The normalized spacial score (nSPS) is 10.9. The molecule has 0 aliphatic rings. The van der Waals surface area contributed by atoms with Crippen LogP contribution in [0.3, 0.4) is 0 Å². The molecule has 0 unspecified atom stereocenters. The number of sulfonamides is 1. The Morgan fingerprint density at radius 3 is 2.16 bits per heavy atom. The summed E-state index contributed by atoms with van der Waals surface area (Å²) in [5.74, 6) is -0.540. The monoisotopic (exact) mass is 470 g/mol. The summed E-state index contributed by atoms with van der Waals surface area (Å²) in [7, 11) is -3.70. The van der Waals surface area contributed by atoms with E-state index in [1.165, 1.54) is 48.5 Å². The molecule has 3 aromatic rings. The van der Waals surface area contributed by atoms with Gasteiger partial charge in [0.1, 0.15) is 0 Å². The molecule has 164 valence electrons. The first-order chi connectivity index (χ1) is 15.2. The standard InChI is InChI=1S/C21H18N4O5S2/c26-20(16-6-10-18(11-7-16)25(27)28)24-21(31)23-17-8-12-19(13-9-17)32(29,30)22-14-15-4-2-1-3-5-15/h1-13,22H,14H2,(H2,23,24,26,31). The van der Waals surface area contributed by atoms with Gasteiger partial charge in [-0.1, -0.05) is 30.3 Å². The van der Waals surface area contributed by atoms with Gasteiger partial charge < -0.3 is 5.32 Å². The third-order valence-corrected chi connectivity index (χ3v) is 5.92. The van der Waals surface area contributed by atoms with Crippen LogP contribution in [-0.2, 0) is 16.6 Å². The van der Waals surface area contributed by atoms with Gasteiger partial charge in [-0.15, -0.1) is 0 Å². The number of anilines is 1. The summed E-state index contributed by atoms with van der Waals surface area (Å²) in [5.41, 5.74) is 1.38. The van der Waals surface area contributed by atoms with Crippen molar-refractivity contribution in [1.29, 1.82) is 0 Å². The lowest BCUT2D eigenvalue weighted by atomic mass is 10.2. The van der Waals surface area contributed by atoms with Crippen LogP contribution in [0.2, 0.25) is 0 Å². The Morgan fingerprint density at radius 1 is 0.938 bits per heavy atom. The second kappa shape index (κ2) is 10.1. The van der Waals surface area contributed by atoms with E-state index in [2.05, 4.69) is 15.4 Å². The molecule has 0 heterocycles. The molecule has 0 bridgehead atoms. The zero-order valence-electron chi connectivity index (χ0n) is 16.5. The molecule has 0 atom stereocenters. The van der Waals surface area contributed by atoms with E-state index in [1.807, 2.05) is 30.3 Å². The van der Waals surface area contributed by atoms with Gasteiger partial charge >= 0.3 is 0 Å². The van der Waals surface area contributed by atoms with Gasteiger partial charge in [-0.2, -0.15) is 0 Å². The molecule has 0 aromatic heterocycles. The number of carbonyl (C=O) groups excluding carboxylic acids is 1. The molecule has 0 fully saturated rings. The van der Waals surface area contributed by atoms with Crippen molar-refractivity contribution in [2.75, 3.05) is 5.32 Å². The molecule has 9 nitrogen and oxygen atoms in total. The van der Waals surface area contributed by atoms with Crippen LogP contribution in [-0.4, -0.2) is 24.4 Å². The van der Waals surface area contributed by atoms with E-state index in [0.717, 1.165) is 5.56 Å². The van der Waals surface area contributed by atoms with Crippen LogP contribution >= 0.6 is 12.2 Å². The number of carbonyl (C=O) groups is 1. The number of nitro groups is 1. The number of nitrogens with zero attached hydrogens (tertiary/aromatic N) is 1. The van der Waals surface area contributed by atoms with Gasteiger partial charge in [-0.3, -0.25) is 20.2 Å². The minimum Gasteiger partial charge on any atom is -0.332 e. The Bertz CT molecular complexity index is 1230. The molecule has 0 radical (unpaired) electrons. The number of thiocarbonyl (C=S) groups is 1. The van der Waals surface area contributed by atoms with E-state index < -0.39 is 20.9 Å². The van der Waals surface area contributed by atoms with Gasteiger partial charge in [0.2, 0.25) is 10.0 Å². The number of amides is 1. The van der Waals surface area contributed by atoms with Crippen molar-refractivity contribution >= 4 is 44.6 Å². The quantitative estimate of drug-likeness (QED) is 0.275. The molecule has 0 spiro atoms. The fraction of sp³-hybridized carbons (Fsp3) is 0.0476. The minimum atomic E-state index is -3.70. The highest BCUT2D eigenvalue weighted by Crippen LogP contribution is 2.15. The van der Waals surface area contributed by atoms with E-state index in [-0.39, 0.29) is 27.8 Å². The average Bonchev–Trinajstić information content (AvgIpc) is 2.79. The van der Waals surface area contributed by atoms with Gasteiger partial charge in [0, 0.05) is 29.9 Å². The molecule has 0 aliphatic heterocycles. The molecule has 3 N–H and O–H groups in total. The first kappa shape index (κ1) is 23.0. The maximum absolute atomic E-state index is 12.5. The number of nitrogens with one attached hydrogen (secondary N) is 3. The average molecular weight is 471 g/mol. The van der Waals surface area contributed by atoms with Crippen molar-refractivity contribution in [3.63, 3.8) is 0 Å². The highest BCUT2D eigenvalue weighted by atomic mass is 32.2. The van der Waals surface area contributed by atoms with Crippen LogP contribution in [0.4, 0.5) is 11.4 Å². The fourth-order valence-electron chi connectivity index (χ4n) is 2.65. The van der Waals surface area contributed by atoms with Crippen molar-refractivity contribution in [2.45, 2.75) is 11.4 Å². The van der Waals surface area contributed by atoms with Gasteiger partial charge in [0.15, 0.2) is 5.11 Å². The van der Waals surface area contributed by atoms with Crippen LogP contribution in [0.1, 0.15) is 15.9 Å². The Balaban J connectivity index is 1.56. The third-order valence-electron chi connectivity index (χ3n) is 4.30. The molecular formula is C21H18N4O5S2. The molecule has 1 amide bonds. The van der Waals surface area contributed by atoms with Gasteiger partial charge in [0.25, 0.3) is 11.6 Å². The highest BCUT2D eigenvalue weighted by Gasteiger charge is 2.14. The summed E-state index contributed by atoms with van der Waals surface area (Å²) in [6.07, 6.45) is 0. The lowest BCUT2D eigenvalue weighted by molar-refractivity contribution is -0.384. The predicted octanol–water partition coefficient (Wildman–Crippen LogP) is 3.20. The van der Waals surface area contributed by atoms with Crippen LogP contribution < -0.4 is 15.4 Å². The number of nitro benzene ring substituents is 1.